The number of aliphatic hydroxyl groups is 1. The third-order valence-corrected chi connectivity index (χ3v) is 11.1. The Morgan fingerprint density at radius 2 is 1.79 bits per heavy atom. The molecule has 0 aromatic rings. The Labute approximate surface area is 284 Å². The molecular formula is C34H58N4O10. The smallest absolute Gasteiger partial charge is 0.408 e. The van der Waals surface area contributed by atoms with E-state index in [9.17, 15) is 24.7 Å². The first-order chi connectivity index (χ1) is 22.4. The van der Waals surface area contributed by atoms with E-state index in [4.69, 9.17) is 23.7 Å². The Kier molecular flexibility index (Phi) is 11.9. The first-order valence-electron chi connectivity index (χ1n) is 17.4. The molecule has 14 heteroatoms. The van der Waals surface area contributed by atoms with E-state index >= 15 is 0 Å². The lowest BCUT2D eigenvalue weighted by atomic mass is 9.70. The van der Waals surface area contributed by atoms with Crippen LogP contribution < -0.4 is 10.6 Å². The Bertz CT molecular complexity index is 1220. The van der Waals surface area contributed by atoms with Crippen molar-refractivity contribution in [2.45, 2.75) is 148 Å². The number of ketones is 1. The van der Waals surface area contributed by atoms with Crippen LogP contribution in [0.3, 0.4) is 0 Å². The summed E-state index contributed by atoms with van der Waals surface area (Å²) in [6, 6.07) is -1.09. The second kappa shape index (κ2) is 14.9. The number of likely N-dealkylation sites (N-methyl/N-ethyl adjacent to an activating group) is 1. The number of nitrogens with one attached hydrogen (secondary N) is 2. The molecular weight excluding hydrogens is 624 g/mol. The fraction of sp³-hybridized carbons (Fsp3) is 0.882. The zero-order valence-electron chi connectivity index (χ0n) is 30.3. The van der Waals surface area contributed by atoms with E-state index < -0.39 is 71.0 Å². The number of aliphatic hydroxyl groups excluding tert-OH is 1. The van der Waals surface area contributed by atoms with Crippen LogP contribution in [-0.4, -0.2) is 126 Å². The third-order valence-electron chi connectivity index (χ3n) is 11.1. The molecule has 13 atom stereocenters. The van der Waals surface area contributed by atoms with Gasteiger partial charge in [0.15, 0.2) is 17.7 Å². The third kappa shape index (κ3) is 7.53. The second-order valence-corrected chi connectivity index (χ2v) is 15.4. The molecule has 4 aliphatic heterocycles. The van der Waals surface area contributed by atoms with Crippen molar-refractivity contribution in [2.24, 2.45) is 22.4 Å². The molecule has 0 radical (unpaired) electrons. The molecule has 14 nitrogen and oxygen atoms in total. The highest BCUT2D eigenvalue weighted by atomic mass is 16.7. The Balaban J connectivity index is 1.85. The summed E-state index contributed by atoms with van der Waals surface area (Å²) < 4.78 is 31.5. The van der Waals surface area contributed by atoms with Crippen molar-refractivity contribution in [3.8, 4) is 0 Å². The van der Waals surface area contributed by atoms with Gasteiger partial charge in [-0.3, -0.25) is 9.59 Å². The van der Waals surface area contributed by atoms with Gasteiger partial charge in [-0.05, 0) is 93.3 Å². The van der Waals surface area contributed by atoms with Crippen molar-refractivity contribution in [1.82, 2.24) is 15.5 Å². The van der Waals surface area contributed by atoms with Gasteiger partial charge in [0.1, 0.15) is 17.6 Å². The number of carbonyl (C=O) groups is 3. The number of Topliss-reactive ketones (excluding diaryl/α,β-unsaturated/α-hetero) is 1. The Hall–Kier alpha value is -2.36. The first kappa shape index (κ1) is 38.4. The number of cyclic esters (lactones) is 1. The number of carbonyl (C=O) groups excluding carboxylic acids is 3. The number of nitrogens with zero attached hydrogens (tertiary/aromatic N) is 2. The lowest BCUT2D eigenvalue weighted by molar-refractivity contribution is -0.296. The van der Waals surface area contributed by atoms with Crippen LogP contribution in [0.4, 0.5) is 4.79 Å². The van der Waals surface area contributed by atoms with Gasteiger partial charge in [-0.1, -0.05) is 25.9 Å². The van der Waals surface area contributed by atoms with E-state index in [-0.39, 0.29) is 49.3 Å². The van der Waals surface area contributed by atoms with Gasteiger partial charge in [0.05, 0.1) is 36.2 Å². The van der Waals surface area contributed by atoms with Gasteiger partial charge in [0, 0.05) is 18.0 Å². The predicted molar refractivity (Wildman–Crippen MR) is 176 cm³/mol. The molecule has 274 valence electrons. The molecule has 4 saturated heterocycles. The summed E-state index contributed by atoms with van der Waals surface area (Å²) in [7, 11) is 3.77. The van der Waals surface area contributed by atoms with Crippen LogP contribution in [0.5, 0.6) is 0 Å². The predicted octanol–water partition coefficient (Wildman–Crippen LogP) is 2.62. The van der Waals surface area contributed by atoms with Crippen molar-refractivity contribution < 1.29 is 48.4 Å². The van der Waals surface area contributed by atoms with Crippen LogP contribution in [0.15, 0.2) is 5.16 Å². The second-order valence-electron chi connectivity index (χ2n) is 15.4. The molecule has 48 heavy (non-hydrogen) atoms. The average Bonchev–Trinajstić information content (AvgIpc) is 3.34. The first-order valence-corrected chi connectivity index (χ1v) is 17.4. The van der Waals surface area contributed by atoms with Crippen molar-refractivity contribution in [1.29, 1.82) is 0 Å². The maximum Gasteiger partial charge on any atom is 0.408 e. The number of hydrogen-bond donors (Lipinski definition) is 4. The van der Waals surface area contributed by atoms with Gasteiger partial charge in [-0.2, -0.15) is 0 Å². The van der Waals surface area contributed by atoms with E-state index in [1.54, 1.807) is 20.8 Å². The van der Waals surface area contributed by atoms with E-state index in [0.717, 1.165) is 0 Å². The van der Waals surface area contributed by atoms with Crippen molar-refractivity contribution in [3.05, 3.63) is 0 Å². The van der Waals surface area contributed by atoms with Gasteiger partial charge in [0.2, 0.25) is 0 Å². The van der Waals surface area contributed by atoms with E-state index in [1.165, 1.54) is 0 Å². The van der Waals surface area contributed by atoms with Crippen LogP contribution in [0.2, 0.25) is 0 Å². The van der Waals surface area contributed by atoms with Crippen molar-refractivity contribution in [2.75, 3.05) is 27.2 Å². The summed E-state index contributed by atoms with van der Waals surface area (Å²) in [6.45, 7) is 15.0. The number of rotatable bonds is 4. The maximum absolute atomic E-state index is 14.8. The fourth-order valence-electron chi connectivity index (χ4n) is 8.19. The quantitative estimate of drug-likeness (QED) is 0.148. The highest BCUT2D eigenvalue weighted by molar-refractivity contribution is 6.05. The highest BCUT2D eigenvalue weighted by Crippen LogP contribution is 2.42. The molecule has 4 N–H and O–H groups in total. The van der Waals surface area contributed by atoms with Crippen LogP contribution in [0.1, 0.15) is 87.5 Å². The van der Waals surface area contributed by atoms with E-state index in [2.05, 4.69) is 15.8 Å². The van der Waals surface area contributed by atoms with E-state index in [0.29, 0.717) is 25.8 Å². The molecule has 2 bridgehead atoms. The number of hydrogen-bond acceptors (Lipinski definition) is 13. The largest absolute Gasteiger partial charge is 0.457 e. The Morgan fingerprint density at radius 1 is 1.10 bits per heavy atom. The molecule has 0 spiro atoms. The summed E-state index contributed by atoms with van der Waals surface area (Å²) in [5.41, 5.74) is -3.85. The van der Waals surface area contributed by atoms with Gasteiger partial charge >= 0.3 is 12.1 Å². The van der Waals surface area contributed by atoms with Crippen LogP contribution in [0.25, 0.3) is 0 Å². The molecule has 0 saturated carbocycles. The van der Waals surface area contributed by atoms with Crippen molar-refractivity contribution in [3.63, 3.8) is 0 Å². The highest BCUT2D eigenvalue weighted by Gasteiger charge is 2.58. The average molecular weight is 683 g/mol. The zero-order valence-corrected chi connectivity index (χ0v) is 30.3. The normalized spacial score (nSPS) is 46.0. The number of esters is 1. The van der Waals surface area contributed by atoms with Crippen molar-refractivity contribution >= 4 is 23.6 Å². The minimum Gasteiger partial charge on any atom is -0.457 e. The minimum atomic E-state index is -1.70. The number of oxime groups is 1. The monoisotopic (exact) mass is 682 g/mol. The summed E-state index contributed by atoms with van der Waals surface area (Å²) in [5.74, 6) is -2.20. The van der Waals surface area contributed by atoms with Gasteiger partial charge in [0.25, 0.3) is 0 Å². The zero-order chi connectivity index (χ0) is 35.8. The fourth-order valence-corrected chi connectivity index (χ4v) is 8.19. The number of fused-ring (bicyclic) bond motifs is 5. The summed E-state index contributed by atoms with van der Waals surface area (Å²) in [5, 5.41) is 31.3. The van der Waals surface area contributed by atoms with Gasteiger partial charge < -0.3 is 49.5 Å². The van der Waals surface area contributed by atoms with Crippen LogP contribution >= 0.6 is 0 Å². The number of alkyl carbamates (subject to hydrolysis) is 1. The standard InChI is InChI=1S/C34H58N4O10/c1-11-24-34(8)26(36-31(42)48-34)21(5)35-16-18(2)15-33(7)28(47-29-25(39)23(38(9)10)14-19(3)45-29)20(4)27(40)32(6,30(41)46-24)13-12-22(37-43)17-44-33/h18-21,23-26,28-29,35,39,43H,11-17H2,1-10H3,(H,36,42)/b37-22-/t18-,19?,20-,21-,23?,24-,25?,26+,28-,29?,32+,33-,34-/m0/s1. The molecule has 4 heterocycles. The van der Waals surface area contributed by atoms with Gasteiger partial charge in [-0.25, -0.2) is 4.79 Å². The molecule has 0 aliphatic carbocycles. The molecule has 4 unspecified atom stereocenters. The minimum absolute atomic E-state index is 0.0214. The molecule has 4 fully saturated rings. The molecule has 1 amide bonds. The Morgan fingerprint density at radius 3 is 2.42 bits per heavy atom. The maximum atomic E-state index is 14.8. The summed E-state index contributed by atoms with van der Waals surface area (Å²) >= 11 is 0. The summed E-state index contributed by atoms with van der Waals surface area (Å²) in [6.07, 6.45) is -3.47. The van der Waals surface area contributed by atoms with Crippen LogP contribution in [-0.2, 0) is 33.3 Å². The number of ether oxygens (including phenoxy) is 5. The molecule has 0 aromatic carbocycles. The lowest BCUT2D eigenvalue weighted by Gasteiger charge is -2.48. The van der Waals surface area contributed by atoms with E-state index in [1.807, 2.05) is 53.6 Å². The molecule has 0 aromatic heterocycles. The van der Waals surface area contributed by atoms with Crippen LogP contribution in [0, 0.1) is 17.3 Å². The summed E-state index contributed by atoms with van der Waals surface area (Å²) in [4.78, 5) is 43.8. The van der Waals surface area contributed by atoms with Gasteiger partial charge in [-0.15, -0.1) is 0 Å². The molecule has 4 rings (SSSR count). The lowest BCUT2D eigenvalue weighted by Crippen LogP contribution is -2.60. The number of amides is 1. The topological polar surface area (TPSA) is 177 Å². The SMILES string of the molecule is CC[C@@H]1OC(=O)[C@]2(C)CC/C(=N/O)CO[C@@](C)(C[C@H](C)CN[C@@H](C)[C@H]3NC(=O)O[C@@]13C)[C@@H](OC1OC(C)CC(N(C)C)C1O)[C@@H](C)C2=O. The molecule has 4 aliphatic rings.